The molecule has 0 amide bonds. The number of halogens is 6. The van der Waals surface area contributed by atoms with Crippen LogP contribution in [0.3, 0.4) is 0 Å². The minimum Gasteiger partial charge on any atom is -0.288 e. The van der Waals surface area contributed by atoms with Gasteiger partial charge in [0.15, 0.2) is 23.2 Å². The van der Waals surface area contributed by atoms with E-state index in [-0.39, 0.29) is 20.6 Å². The fraction of sp³-hybridized carbons (Fsp3) is 0. The van der Waals surface area contributed by atoms with Gasteiger partial charge in [0.1, 0.15) is 0 Å². The van der Waals surface area contributed by atoms with E-state index in [4.69, 9.17) is 34.8 Å². The Kier molecular flexibility index (Phi) is 4.28. The first-order valence-electron chi connectivity index (χ1n) is 5.15. The Morgan fingerprint density at radius 1 is 0.900 bits per heavy atom. The molecule has 0 N–H and O–H groups in total. The average molecular weight is 340 g/mol. The quantitative estimate of drug-likeness (QED) is 0.536. The zero-order chi connectivity index (χ0) is 15.0. The number of carbonyl (C=O) groups is 1. The molecule has 2 aromatic carbocycles. The second-order valence-electron chi connectivity index (χ2n) is 3.80. The maximum absolute atomic E-state index is 13.6. The smallest absolute Gasteiger partial charge is 0.199 e. The van der Waals surface area contributed by atoms with Crippen molar-refractivity contribution in [3.05, 3.63) is 67.9 Å². The van der Waals surface area contributed by atoms with Gasteiger partial charge in [0.25, 0.3) is 0 Å². The number of benzene rings is 2. The Hall–Kier alpha value is -1.23. The fourth-order valence-electron chi connectivity index (χ4n) is 1.60. The third kappa shape index (κ3) is 2.64. The second-order valence-corrected chi connectivity index (χ2v) is 5.05. The number of rotatable bonds is 2. The van der Waals surface area contributed by atoms with Gasteiger partial charge in [0.2, 0.25) is 0 Å². The van der Waals surface area contributed by atoms with Crippen molar-refractivity contribution in [3.63, 3.8) is 0 Å². The molecule has 20 heavy (non-hydrogen) atoms. The molecule has 104 valence electrons. The Labute approximate surface area is 126 Å². The lowest BCUT2D eigenvalue weighted by atomic mass is 10.0. The molecule has 2 rings (SSSR count). The van der Waals surface area contributed by atoms with Gasteiger partial charge in [-0.3, -0.25) is 4.79 Å². The summed E-state index contributed by atoms with van der Waals surface area (Å²) in [5.41, 5.74) is -0.905. The topological polar surface area (TPSA) is 17.1 Å². The predicted molar refractivity (Wildman–Crippen MR) is 71.2 cm³/mol. The molecule has 2 aromatic rings. The van der Waals surface area contributed by atoms with E-state index in [0.717, 1.165) is 6.07 Å². The Balaban J connectivity index is 2.61. The normalized spacial score (nSPS) is 10.7. The van der Waals surface area contributed by atoms with Gasteiger partial charge < -0.3 is 0 Å². The van der Waals surface area contributed by atoms with Crippen LogP contribution in [0.1, 0.15) is 15.9 Å². The minimum absolute atomic E-state index is 0.114. The van der Waals surface area contributed by atoms with Gasteiger partial charge in [-0.2, -0.15) is 0 Å². The predicted octanol–water partition coefficient (Wildman–Crippen LogP) is 5.30. The van der Waals surface area contributed by atoms with Crippen LogP contribution in [-0.2, 0) is 0 Å². The molecule has 0 spiro atoms. The van der Waals surface area contributed by atoms with Crippen LogP contribution < -0.4 is 0 Å². The lowest BCUT2D eigenvalue weighted by molar-refractivity contribution is 0.103. The molecule has 0 aliphatic heterocycles. The SMILES string of the molecule is O=C(c1ccc(F)c(F)c1F)c1c(Cl)cc(Cl)cc1Cl. The molecule has 0 aromatic heterocycles. The van der Waals surface area contributed by atoms with Crippen molar-refractivity contribution < 1.29 is 18.0 Å². The van der Waals surface area contributed by atoms with Gasteiger partial charge >= 0.3 is 0 Å². The summed E-state index contributed by atoms with van der Waals surface area (Å²) in [6, 6.07) is 3.93. The van der Waals surface area contributed by atoms with Crippen LogP contribution >= 0.6 is 34.8 Å². The molecule has 0 heterocycles. The highest BCUT2D eigenvalue weighted by molar-refractivity contribution is 6.43. The Morgan fingerprint density at radius 2 is 1.45 bits per heavy atom. The van der Waals surface area contributed by atoms with Crippen LogP contribution in [0.15, 0.2) is 24.3 Å². The van der Waals surface area contributed by atoms with Crippen molar-refractivity contribution in [2.24, 2.45) is 0 Å². The van der Waals surface area contributed by atoms with Crippen molar-refractivity contribution in [1.82, 2.24) is 0 Å². The van der Waals surface area contributed by atoms with Gasteiger partial charge in [0.05, 0.1) is 21.2 Å². The minimum atomic E-state index is -1.74. The number of hydrogen-bond donors (Lipinski definition) is 0. The first-order chi connectivity index (χ1) is 9.32. The van der Waals surface area contributed by atoms with E-state index in [9.17, 15) is 18.0 Å². The number of carbonyl (C=O) groups excluding carboxylic acids is 1. The van der Waals surface area contributed by atoms with Gasteiger partial charge in [-0.15, -0.1) is 0 Å². The van der Waals surface area contributed by atoms with Crippen LogP contribution in [-0.4, -0.2) is 5.78 Å². The maximum Gasteiger partial charge on any atom is 0.199 e. The molecule has 7 heteroatoms. The fourth-order valence-corrected chi connectivity index (χ4v) is 2.58. The molecule has 0 bridgehead atoms. The van der Waals surface area contributed by atoms with E-state index < -0.39 is 28.8 Å². The summed E-state index contributed by atoms with van der Waals surface area (Å²) in [4.78, 5) is 12.1. The number of ketones is 1. The van der Waals surface area contributed by atoms with Gasteiger partial charge in [0, 0.05) is 5.02 Å². The lowest BCUT2D eigenvalue weighted by Crippen LogP contribution is -2.08. The molecule has 0 aliphatic rings. The molecule has 0 atom stereocenters. The van der Waals surface area contributed by atoms with Crippen LogP contribution in [0.2, 0.25) is 15.1 Å². The van der Waals surface area contributed by atoms with E-state index in [0.29, 0.717) is 6.07 Å². The summed E-state index contributed by atoms with van der Waals surface area (Å²) in [6.45, 7) is 0. The van der Waals surface area contributed by atoms with E-state index in [2.05, 4.69) is 0 Å². The largest absolute Gasteiger partial charge is 0.288 e. The monoisotopic (exact) mass is 338 g/mol. The molecular weight excluding hydrogens is 335 g/mol. The first-order valence-corrected chi connectivity index (χ1v) is 6.29. The zero-order valence-corrected chi connectivity index (χ0v) is 11.8. The summed E-state index contributed by atoms with van der Waals surface area (Å²) < 4.78 is 39.6. The van der Waals surface area contributed by atoms with Crippen LogP contribution in [0.4, 0.5) is 13.2 Å². The second kappa shape index (κ2) is 5.64. The first kappa shape index (κ1) is 15.2. The Morgan fingerprint density at radius 3 is 2.00 bits per heavy atom. The third-order valence-corrected chi connectivity index (χ3v) is 3.33. The standard InChI is InChI=1S/C13H4Cl3F3O/c14-5-3-7(15)10(8(16)4-5)13(20)6-1-2-9(17)12(19)11(6)18/h1-4H. The van der Waals surface area contributed by atoms with Crippen molar-refractivity contribution in [1.29, 1.82) is 0 Å². The molecule has 0 aliphatic carbocycles. The highest BCUT2D eigenvalue weighted by Crippen LogP contribution is 2.31. The maximum atomic E-state index is 13.6. The van der Waals surface area contributed by atoms with Crippen LogP contribution in [0.25, 0.3) is 0 Å². The molecular formula is C13H4Cl3F3O. The molecule has 0 fully saturated rings. The molecule has 0 unspecified atom stereocenters. The summed E-state index contributed by atoms with van der Waals surface area (Å²) in [7, 11) is 0. The van der Waals surface area contributed by atoms with Crippen LogP contribution in [0.5, 0.6) is 0 Å². The van der Waals surface area contributed by atoms with Gasteiger partial charge in [-0.05, 0) is 24.3 Å². The van der Waals surface area contributed by atoms with Crippen molar-refractivity contribution >= 4 is 40.6 Å². The van der Waals surface area contributed by atoms with Crippen molar-refractivity contribution in [2.75, 3.05) is 0 Å². The molecule has 0 radical (unpaired) electrons. The van der Waals surface area contributed by atoms with E-state index in [1.165, 1.54) is 12.1 Å². The highest BCUT2D eigenvalue weighted by atomic mass is 35.5. The lowest BCUT2D eigenvalue weighted by Gasteiger charge is -2.08. The average Bonchev–Trinajstić information content (AvgIpc) is 2.34. The van der Waals surface area contributed by atoms with Crippen LogP contribution in [0, 0.1) is 17.5 Å². The van der Waals surface area contributed by atoms with E-state index in [1.54, 1.807) is 0 Å². The van der Waals surface area contributed by atoms with E-state index >= 15 is 0 Å². The summed E-state index contributed by atoms with van der Waals surface area (Å²) in [6.07, 6.45) is 0. The third-order valence-electron chi connectivity index (χ3n) is 2.51. The summed E-state index contributed by atoms with van der Waals surface area (Å²) >= 11 is 17.3. The Bertz CT molecular complexity index is 693. The highest BCUT2D eigenvalue weighted by Gasteiger charge is 2.23. The van der Waals surface area contributed by atoms with Gasteiger partial charge in [-0.1, -0.05) is 34.8 Å². The van der Waals surface area contributed by atoms with E-state index in [1.807, 2.05) is 0 Å². The molecule has 1 nitrogen and oxygen atoms in total. The van der Waals surface area contributed by atoms with Crippen molar-refractivity contribution in [2.45, 2.75) is 0 Å². The summed E-state index contributed by atoms with van der Waals surface area (Å²) in [5.74, 6) is -5.70. The molecule has 0 saturated heterocycles. The number of hydrogen-bond acceptors (Lipinski definition) is 1. The van der Waals surface area contributed by atoms with Gasteiger partial charge in [-0.25, -0.2) is 13.2 Å². The summed E-state index contributed by atoms with van der Waals surface area (Å²) in [5, 5.41) is -0.0458. The molecule has 0 saturated carbocycles. The van der Waals surface area contributed by atoms with Crippen molar-refractivity contribution in [3.8, 4) is 0 Å². The zero-order valence-electron chi connectivity index (χ0n) is 9.49.